The Morgan fingerprint density at radius 1 is 1.13 bits per heavy atom. The second kappa shape index (κ2) is 8.98. The molecule has 10 heteroatoms. The molecule has 0 radical (unpaired) electrons. The Morgan fingerprint density at radius 2 is 1.82 bits per heavy atom. The van der Waals surface area contributed by atoms with Crippen molar-refractivity contribution >= 4 is 23.2 Å². The summed E-state index contributed by atoms with van der Waals surface area (Å²) in [6.45, 7) is 1.18. The number of nitrogens with one attached hydrogen (secondary N) is 1. The Kier molecular flexibility index (Phi) is 6.02. The number of phenols is 1. The Balaban J connectivity index is 1.59. The van der Waals surface area contributed by atoms with Gasteiger partial charge in [0.2, 0.25) is 5.78 Å². The fourth-order valence-corrected chi connectivity index (χ4v) is 5.96. The van der Waals surface area contributed by atoms with E-state index >= 15 is 0 Å². The number of primary amides is 1. The normalized spacial score (nSPS) is 25.4. The first kappa shape index (κ1) is 25.5. The molecule has 7 N–H and O–H groups in total. The number of allylic oxidation sites excluding steroid dienone is 2. The molecule has 3 aliphatic rings. The number of aliphatic hydroxyl groups excluding tert-OH is 2. The number of alkyl halides is 1. The van der Waals surface area contributed by atoms with Crippen molar-refractivity contribution < 1.29 is 39.2 Å². The number of carbonyl (C=O) groups is 3. The minimum atomic E-state index is -2.59. The van der Waals surface area contributed by atoms with Crippen molar-refractivity contribution in [1.29, 1.82) is 0 Å². The summed E-state index contributed by atoms with van der Waals surface area (Å²) >= 11 is 0. The highest BCUT2D eigenvalue weighted by atomic mass is 19.1. The minimum Gasteiger partial charge on any atom is -0.511 e. The number of rotatable bonds is 5. The molecule has 0 saturated heterocycles. The molecule has 3 aliphatic carbocycles. The summed E-state index contributed by atoms with van der Waals surface area (Å²) in [5, 5.41) is 46.4. The van der Waals surface area contributed by atoms with E-state index in [0.717, 1.165) is 11.3 Å². The van der Waals surface area contributed by atoms with Gasteiger partial charge >= 0.3 is 0 Å². The van der Waals surface area contributed by atoms with E-state index in [1.165, 1.54) is 6.07 Å². The molecule has 4 atom stereocenters. The first-order chi connectivity index (χ1) is 18.0. The maximum absolute atomic E-state index is 13.7. The highest BCUT2D eigenvalue weighted by Gasteiger charge is 2.59. The molecular weight excluding hydrogens is 495 g/mol. The molecule has 0 heterocycles. The lowest BCUT2D eigenvalue weighted by atomic mass is 9.60. The van der Waals surface area contributed by atoms with E-state index in [1.54, 1.807) is 37.3 Å². The van der Waals surface area contributed by atoms with Gasteiger partial charge in [0.05, 0.1) is 11.6 Å². The van der Waals surface area contributed by atoms with Crippen molar-refractivity contribution in [3.8, 4) is 16.9 Å². The lowest BCUT2D eigenvalue weighted by molar-refractivity contribution is -0.144. The molecule has 0 bridgehead atoms. The largest absolute Gasteiger partial charge is 0.511 e. The second-order valence-electron chi connectivity index (χ2n) is 10.2. The monoisotopic (exact) mass is 522 g/mol. The first-order valence-corrected chi connectivity index (χ1v) is 12.2. The third kappa shape index (κ3) is 3.66. The summed E-state index contributed by atoms with van der Waals surface area (Å²) in [5.41, 5.74) is 4.25. The van der Waals surface area contributed by atoms with Crippen molar-refractivity contribution in [2.75, 3.05) is 12.0 Å². The van der Waals surface area contributed by atoms with E-state index in [-0.39, 0.29) is 42.2 Å². The third-order valence-corrected chi connectivity index (χ3v) is 7.79. The molecule has 1 unspecified atom stereocenters. The number of carbonyl (C=O) groups excluding carboxylic acids is 3. The smallest absolute Gasteiger partial charge is 0.255 e. The molecule has 5 rings (SSSR count). The maximum atomic E-state index is 13.7. The van der Waals surface area contributed by atoms with Crippen LogP contribution in [0.15, 0.2) is 59.1 Å². The van der Waals surface area contributed by atoms with Crippen LogP contribution in [0.4, 0.5) is 10.1 Å². The summed E-state index contributed by atoms with van der Waals surface area (Å²) < 4.78 is 12.9. The predicted molar refractivity (Wildman–Crippen MR) is 135 cm³/mol. The van der Waals surface area contributed by atoms with E-state index < -0.39 is 58.7 Å². The molecule has 2 aromatic carbocycles. The standard InChI is InChI=1S/C28H27FN2O7/c1-12(11-29)31-16-4-2-13(3-5-16)17-6-7-19(32)22-18(17)9-14-8-15-10-20(33)23(27(30)37)26(36)28(15,38)25(35)21(14)24(22)34/h2-7,12,14-15,31-33,35,38H,8-11H2,1H3,(H2,30,37)/t12?,14-,15+,28+/m1/s1. The zero-order chi connectivity index (χ0) is 27.5. The van der Waals surface area contributed by atoms with Crippen LogP contribution >= 0.6 is 0 Å². The molecule has 2 aromatic rings. The van der Waals surface area contributed by atoms with Crippen LogP contribution in [0.1, 0.15) is 35.7 Å². The molecule has 0 saturated carbocycles. The van der Waals surface area contributed by atoms with Crippen molar-refractivity contribution in [2.45, 2.75) is 37.8 Å². The quantitative estimate of drug-likeness (QED) is 0.326. The van der Waals surface area contributed by atoms with Gasteiger partial charge < -0.3 is 31.5 Å². The summed E-state index contributed by atoms with van der Waals surface area (Å²) in [7, 11) is 0. The molecule has 0 aromatic heterocycles. The number of phenolic OH excluding ortho intramolecular Hbond substituents is 1. The molecule has 1 amide bonds. The summed E-state index contributed by atoms with van der Waals surface area (Å²) in [4.78, 5) is 38.5. The topological polar surface area (TPSA) is 170 Å². The zero-order valence-corrected chi connectivity index (χ0v) is 20.5. The number of hydrogen-bond acceptors (Lipinski definition) is 8. The molecule has 0 spiro atoms. The number of amides is 1. The van der Waals surface area contributed by atoms with E-state index in [0.29, 0.717) is 11.1 Å². The van der Waals surface area contributed by atoms with Gasteiger partial charge in [-0.2, -0.15) is 0 Å². The van der Waals surface area contributed by atoms with Crippen molar-refractivity contribution in [2.24, 2.45) is 17.6 Å². The summed E-state index contributed by atoms with van der Waals surface area (Å²) in [5.74, 6) is -6.62. The van der Waals surface area contributed by atoms with Crippen LogP contribution in [0.5, 0.6) is 5.75 Å². The van der Waals surface area contributed by atoms with E-state index in [9.17, 15) is 39.2 Å². The number of anilines is 1. The van der Waals surface area contributed by atoms with E-state index in [4.69, 9.17) is 5.73 Å². The number of halogens is 1. The summed E-state index contributed by atoms with van der Waals surface area (Å²) in [6.07, 6.45) is -0.0208. The molecule has 9 nitrogen and oxygen atoms in total. The SMILES string of the molecule is CC(CF)Nc1ccc(-c2ccc(O)c3c2C[C@H]2C[C@H]4CC(O)=C(C(N)=O)C(=O)[C@@]4(O)C(O)=C2C3=O)cc1. The Bertz CT molecular complexity index is 1450. The molecule has 0 aliphatic heterocycles. The van der Waals surface area contributed by atoms with Crippen molar-refractivity contribution in [3.05, 3.63) is 70.2 Å². The number of nitrogens with two attached hydrogens (primary N) is 1. The van der Waals surface area contributed by atoms with Crippen LogP contribution in [0.2, 0.25) is 0 Å². The van der Waals surface area contributed by atoms with Crippen LogP contribution in [0.3, 0.4) is 0 Å². The van der Waals surface area contributed by atoms with Crippen molar-refractivity contribution in [3.63, 3.8) is 0 Å². The highest BCUT2D eigenvalue weighted by molar-refractivity contribution is 6.24. The lowest BCUT2D eigenvalue weighted by Crippen LogP contribution is -2.57. The van der Waals surface area contributed by atoms with Gasteiger partial charge in [0.25, 0.3) is 5.91 Å². The third-order valence-electron chi connectivity index (χ3n) is 7.79. The highest BCUT2D eigenvalue weighted by Crippen LogP contribution is 2.52. The van der Waals surface area contributed by atoms with Gasteiger partial charge in [-0.1, -0.05) is 18.2 Å². The number of Topliss-reactive ketones (excluding diaryl/α,β-unsaturated/α-hetero) is 2. The van der Waals surface area contributed by atoms with Gasteiger partial charge in [0.15, 0.2) is 11.4 Å². The van der Waals surface area contributed by atoms with E-state index in [2.05, 4.69) is 5.32 Å². The lowest BCUT2D eigenvalue weighted by Gasteiger charge is -2.45. The number of aliphatic hydroxyl groups is 3. The van der Waals surface area contributed by atoms with E-state index in [1.807, 2.05) is 0 Å². The molecule has 198 valence electrons. The molecule has 0 fully saturated rings. The van der Waals surface area contributed by atoms with Gasteiger partial charge in [-0.05, 0) is 60.6 Å². The van der Waals surface area contributed by atoms with Crippen LogP contribution in [-0.2, 0) is 16.0 Å². The van der Waals surface area contributed by atoms with Gasteiger partial charge in [0.1, 0.15) is 29.5 Å². The fourth-order valence-electron chi connectivity index (χ4n) is 5.96. The number of benzene rings is 2. The second-order valence-corrected chi connectivity index (χ2v) is 10.2. The number of ketones is 2. The minimum absolute atomic E-state index is 0.0487. The Hall–Kier alpha value is -4.18. The van der Waals surface area contributed by atoms with Crippen LogP contribution in [-0.4, -0.2) is 56.2 Å². The van der Waals surface area contributed by atoms with Crippen LogP contribution < -0.4 is 11.1 Å². The number of aromatic hydroxyl groups is 1. The zero-order valence-electron chi connectivity index (χ0n) is 20.5. The van der Waals surface area contributed by atoms with Gasteiger partial charge in [-0.3, -0.25) is 14.4 Å². The summed E-state index contributed by atoms with van der Waals surface area (Å²) in [6, 6.07) is 9.86. The Morgan fingerprint density at radius 3 is 2.45 bits per heavy atom. The molecular formula is C28H27FN2O7. The predicted octanol–water partition coefficient (Wildman–Crippen LogP) is 3.02. The van der Waals surface area contributed by atoms with Gasteiger partial charge in [0, 0.05) is 23.6 Å². The van der Waals surface area contributed by atoms with Crippen molar-refractivity contribution in [1.82, 2.24) is 0 Å². The fraction of sp³-hybridized carbons (Fsp3) is 0.321. The van der Waals surface area contributed by atoms with Gasteiger partial charge in [-0.15, -0.1) is 0 Å². The average molecular weight is 523 g/mol. The first-order valence-electron chi connectivity index (χ1n) is 12.2. The number of hydrogen-bond donors (Lipinski definition) is 6. The molecule has 38 heavy (non-hydrogen) atoms. The number of fused-ring (bicyclic) bond motifs is 3. The van der Waals surface area contributed by atoms with Gasteiger partial charge in [-0.25, -0.2) is 4.39 Å². The van der Waals surface area contributed by atoms with Crippen LogP contribution in [0.25, 0.3) is 11.1 Å². The maximum Gasteiger partial charge on any atom is 0.255 e. The van der Waals surface area contributed by atoms with Crippen LogP contribution in [0, 0.1) is 11.8 Å². The average Bonchev–Trinajstić information content (AvgIpc) is 2.86. The Labute approximate surface area is 217 Å².